The highest BCUT2D eigenvalue weighted by Gasteiger charge is 2.24. The molecule has 0 amide bonds. The average Bonchev–Trinajstić information content (AvgIpc) is 2.90. The zero-order valence-corrected chi connectivity index (χ0v) is 14.9. The molecule has 1 unspecified atom stereocenters. The van der Waals surface area contributed by atoms with Gasteiger partial charge in [-0.3, -0.25) is 9.67 Å². The molecule has 1 saturated heterocycles. The van der Waals surface area contributed by atoms with Gasteiger partial charge in [0.2, 0.25) is 0 Å². The molecule has 120 valence electrons. The van der Waals surface area contributed by atoms with Gasteiger partial charge in [0.25, 0.3) is 0 Å². The number of aryl methyl sites for hydroxylation is 1. The minimum Gasteiger partial charge on any atom is -0.394 e. The predicted octanol–water partition coefficient (Wildman–Crippen LogP) is 0.369. The van der Waals surface area contributed by atoms with Crippen molar-refractivity contribution in [2.45, 2.75) is 13.0 Å². The third kappa shape index (κ3) is 5.11. The van der Waals surface area contributed by atoms with E-state index in [1.165, 1.54) is 0 Å². The molecule has 2 rings (SSSR count). The lowest BCUT2D eigenvalue weighted by Crippen LogP contribution is -2.48. The van der Waals surface area contributed by atoms with Crippen molar-refractivity contribution in [3.8, 4) is 0 Å². The van der Waals surface area contributed by atoms with Crippen LogP contribution in [0.4, 0.5) is 0 Å². The number of aliphatic hydroxyl groups is 1. The maximum Gasteiger partial charge on any atom is 0.194 e. The molecule has 0 saturated carbocycles. The lowest BCUT2D eigenvalue weighted by atomic mass is 10.1. The number of hydrogen-bond donors (Lipinski definition) is 2. The maximum absolute atomic E-state index is 8.93. The number of hydrogen-bond acceptors (Lipinski definition) is 4. The Kier molecular flexibility index (Phi) is 7.97. The lowest BCUT2D eigenvalue weighted by molar-refractivity contribution is -0.00805. The number of rotatable bonds is 4. The minimum atomic E-state index is 0. The van der Waals surface area contributed by atoms with Crippen LogP contribution in [-0.2, 0) is 11.8 Å². The SMILES string of the molecule is CCNC(=NCCO)N1CCOC(c2cnn(C)c2)C1.I. The van der Waals surface area contributed by atoms with Crippen LogP contribution >= 0.6 is 24.0 Å². The molecule has 0 spiro atoms. The first kappa shape index (κ1) is 18.2. The van der Waals surface area contributed by atoms with Gasteiger partial charge in [0.05, 0.1) is 32.5 Å². The van der Waals surface area contributed by atoms with Crippen LogP contribution in [0.3, 0.4) is 0 Å². The van der Waals surface area contributed by atoms with E-state index in [0.29, 0.717) is 13.2 Å². The summed E-state index contributed by atoms with van der Waals surface area (Å²) in [5.74, 6) is 0.832. The van der Waals surface area contributed by atoms with Crippen LogP contribution < -0.4 is 5.32 Å². The van der Waals surface area contributed by atoms with Gasteiger partial charge >= 0.3 is 0 Å². The Hall–Kier alpha value is -0.870. The van der Waals surface area contributed by atoms with Crippen molar-refractivity contribution in [3.63, 3.8) is 0 Å². The van der Waals surface area contributed by atoms with E-state index in [4.69, 9.17) is 9.84 Å². The lowest BCUT2D eigenvalue weighted by Gasteiger charge is -2.34. The molecule has 1 aliphatic rings. The highest BCUT2D eigenvalue weighted by atomic mass is 127. The fraction of sp³-hybridized carbons (Fsp3) is 0.692. The van der Waals surface area contributed by atoms with E-state index in [1.807, 2.05) is 26.4 Å². The first-order valence-electron chi connectivity index (χ1n) is 6.99. The summed E-state index contributed by atoms with van der Waals surface area (Å²) < 4.78 is 7.59. The molecular formula is C13H24IN5O2. The van der Waals surface area contributed by atoms with Gasteiger partial charge in [-0.05, 0) is 6.92 Å². The van der Waals surface area contributed by atoms with Gasteiger partial charge < -0.3 is 20.1 Å². The molecule has 1 atom stereocenters. The number of nitrogens with zero attached hydrogens (tertiary/aromatic N) is 4. The first-order valence-corrected chi connectivity index (χ1v) is 6.99. The number of halogens is 1. The van der Waals surface area contributed by atoms with E-state index < -0.39 is 0 Å². The van der Waals surface area contributed by atoms with E-state index >= 15 is 0 Å². The molecule has 21 heavy (non-hydrogen) atoms. The van der Waals surface area contributed by atoms with E-state index in [1.54, 1.807) is 4.68 Å². The Morgan fingerprint density at radius 2 is 2.43 bits per heavy atom. The van der Waals surface area contributed by atoms with Crippen LogP contribution in [0.15, 0.2) is 17.4 Å². The Morgan fingerprint density at radius 3 is 3.05 bits per heavy atom. The standard InChI is InChI=1S/C13H23N5O2.HI/c1-3-14-13(15-4-6-19)18-5-7-20-12(10-18)11-8-16-17(2)9-11;/h8-9,12,19H,3-7,10H2,1-2H3,(H,14,15);1H. The van der Waals surface area contributed by atoms with Crippen LogP contribution in [0.25, 0.3) is 0 Å². The van der Waals surface area contributed by atoms with Crippen molar-refractivity contribution >= 4 is 29.9 Å². The Bertz CT molecular complexity index is 452. The fourth-order valence-electron chi connectivity index (χ4n) is 2.23. The van der Waals surface area contributed by atoms with Crippen molar-refractivity contribution < 1.29 is 9.84 Å². The molecule has 1 aliphatic heterocycles. The van der Waals surface area contributed by atoms with E-state index in [0.717, 1.165) is 31.2 Å². The molecule has 1 aromatic heterocycles. The molecule has 2 N–H and O–H groups in total. The normalized spacial score (nSPS) is 19.3. The summed E-state index contributed by atoms with van der Waals surface area (Å²) in [6.45, 7) is 5.51. The monoisotopic (exact) mass is 409 g/mol. The van der Waals surface area contributed by atoms with Crippen molar-refractivity contribution in [2.24, 2.45) is 12.0 Å². The van der Waals surface area contributed by atoms with Gasteiger partial charge in [-0.2, -0.15) is 5.10 Å². The number of aromatic nitrogens is 2. The van der Waals surface area contributed by atoms with Gasteiger partial charge in [0.1, 0.15) is 6.10 Å². The van der Waals surface area contributed by atoms with Crippen molar-refractivity contribution in [1.82, 2.24) is 20.0 Å². The Balaban J connectivity index is 0.00000220. The predicted molar refractivity (Wildman–Crippen MR) is 92.0 cm³/mol. The summed E-state index contributed by atoms with van der Waals surface area (Å²) in [4.78, 5) is 6.56. The Morgan fingerprint density at radius 1 is 1.62 bits per heavy atom. The van der Waals surface area contributed by atoms with Gasteiger partial charge in [-0.25, -0.2) is 0 Å². The van der Waals surface area contributed by atoms with E-state index in [-0.39, 0.29) is 36.7 Å². The van der Waals surface area contributed by atoms with Crippen LogP contribution in [0.5, 0.6) is 0 Å². The molecule has 0 aliphatic carbocycles. The van der Waals surface area contributed by atoms with E-state index in [2.05, 4.69) is 20.3 Å². The third-order valence-corrected chi connectivity index (χ3v) is 3.16. The summed E-state index contributed by atoms with van der Waals surface area (Å²) in [6, 6.07) is 0. The second kappa shape index (κ2) is 9.21. The van der Waals surface area contributed by atoms with Crippen LogP contribution in [0.1, 0.15) is 18.6 Å². The molecular weight excluding hydrogens is 385 g/mol. The Labute approximate surface area is 142 Å². The second-order valence-electron chi connectivity index (χ2n) is 4.71. The highest BCUT2D eigenvalue weighted by molar-refractivity contribution is 14.0. The van der Waals surface area contributed by atoms with E-state index in [9.17, 15) is 0 Å². The number of aliphatic hydroxyl groups excluding tert-OH is 1. The second-order valence-corrected chi connectivity index (χ2v) is 4.71. The van der Waals surface area contributed by atoms with Crippen molar-refractivity contribution in [2.75, 3.05) is 39.4 Å². The number of ether oxygens (including phenoxy) is 1. The average molecular weight is 409 g/mol. The largest absolute Gasteiger partial charge is 0.394 e. The molecule has 0 aromatic carbocycles. The molecule has 0 radical (unpaired) electrons. The zero-order valence-electron chi connectivity index (χ0n) is 12.5. The zero-order chi connectivity index (χ0) is 14.4. The topological polar surface area (TPSA) is 74.9 Å². The smallest absolute Gasteiger partial charge is 0.194 e. The van der Waals surface area contributed by atoms with Crippen molar-refractivity contribution in [1.29, 1.82) is 0 Å². The molecule has 1 aromatic rings. The number of guanidine groups is 1. The summed E-state index contributed by atoms with van der Waals surface area (Å²) in [6.07, 6.45) is 3.83. The van der Waals surface area contributed by atoms with Gasteiger partial charge in [0, 0.05) is 31.9 Å². The number of aliphatic imine (C=N–C) groups is 1. The molecule has 7 nitrogen and oxygen atoms in total. The molecule has 0 bridgehead atoms. The molecule has 8 heteroatoms. The van der Waals surface area contributed by atoms with Crippen LogP contribution in [-0.4, -0.2) is 65.1 Å². The summed E-state index contributed by atoms with van der Waals surface area (Å²) in [5, 5.41) is 16.4. The van der Waals surface area contributed by atoms with Gasteiger partial charge in [-0.1, -0.05) is 0 Å². The quantitative estimate of drug-likeness (QED) is 0.427. The first-order chi connectivity index (χ1) is 9.74. The minimum absolute atomic E-state index is 0. The fourth-order valence-corrected chi connectivity index (χ4v) is 2.23. The van der Waals surface area contributed by atoms with Crippen LogP contribution in [0.2, 0.25) is 0 Å². The number of nitrogens with one attached hydrogen (secondary N) is 1. The van der Waals surface area contributed by atoms with Gasteiger partial charge in [-0.15, -0.1) is 24.0 Å². The summed E-state index contributed by atoms with van der Waals surface area (Å²) in [7, 11) is 1.90. The molecule has 1 fully saturated rings. The highest BCUT2D eigenvalue weighted by Crippen LogP contribution is 2.21. The van der Waals surface area contributed by atoms with Crippen molar-refractivity contribution in [3.05, 3.63) is 18.0 Å². The summed E-state index contributed by atoms with van der Waals surface area (Å²) >= 11 is 0. The van der Waals surface area contributed by atoms with Gasteiger partial charge in [0.15, 0.2) is 5.96 Å². The third-order valence-electron chi connectivity index (χ3n) is 3.16. The maximum atomic E-state index is 8.93. The molecule has 2 heterocycles. The number of morpholine rings is 1. The summed E-state index contributed by atoms with van der Waals surface area (Å²) in [5.41, 5.74) is 1.08. The van der Waals surface area contributed by atoms with Crippen LogP contribution in [0, 0.1) is 0 Å².